The summed E-state index contributed by atoms with van der Waals surface area (Å²) in [4.78, 5) is 13.2. The zero-order valence-electron chi connectivity index (χ0n) is 10.4. The number of hydrogen-bond donors (Lipinski definition) is 0. The quantitative estimate of drug-likeness (QED) is 0.596. The van der Waals surface area contributed by atoms with Gasteiger partial charge in [0.15, 0.2) is 5.78 Å². The number of ether oxygens (including phenoxy) is 1. The van der Waals surface area contributed by atoms with Crippen LogP contribution in [0.5, 0.6) is 5.75 Å². The second kappa shape index (κ2) is 6.78. The highest BCUT2D eigenvalue weighted by Crippen LogP contribution is 2.23. The van der Waals surface area contributed by atoms with Gasteiger partial charge in [0.25, 0.3) is 0 Å². The number of benzene rings is 2. The summed E-state index contributed by atoms with van der Waals surface area (Å²) in [5.41, 5.74) is 0.682. The molecule has 0 spiro atoms. The van der Waals surface area contributed by atoms with Crippen molar-refractivity contribution in [2.75, 3.05) is 12.9 Å². The van der Waals surface area contributed by atoms with E-state index in [2.05, 4.69) is 15.9 Å². The van der Waals surface area contributed by atoms with Crippen molar-refractivity contribution < 1.29 is 9.53 Å². The van der Waals surface area contributed by atoms with Crippen molar-refractivity contribution in [3.63, 3.8) is 0 Å². The molecule has 0 unspecified atom stereocenters. The average molecular weight is 337 g/mol. The predicted molar refractivity (Wildman–Crippen MR) is 82.2 cm³/mol. The fourth-order valence-electron chi connectivity index (χ4n) is 1.59. The van der Waals surface area contributed by atoms with Gasteiger partial charge in [-0.05, 0) is 30.3 Å². The number of halogens is 1. The number of ketones is 1. The van der Waals surface area contributed by atoms with Gasteiger partial charge in [-0.25, -0.2) is 0 Å². The first kappa shape index (κ1) is 14.2. The molecular weight excluding hydrogens is 324 g/mol. The van der Waals surface area contributed by atoms with Gasteiger partial charge in [-0.15, -0.1) is 11.8 Å². The summed E-state index contributed by atoms with van der Waals surface area (Å²) in [6.45, 7) is 0. The summed E-state index contributed by atoms with van der Waals surface area (Å²) in [6, 6.07) is 15.2. The highest BCUT2D eigenvalue weighted by atomic mass is 79.9. The maximum absolute atomic E-state index is 12.1. The van der Waals surface area contributed by atoms with Gasteiger partial charge in [-0.3, -0.25) is 4.79 Å². The van der Waals surface area contributed by atoms with Crippen molar-refractivity contribution >= 4 is 33.5 Å². The first-order valence-electron chi connectivity index (χ1n) is 5.74. The third-order valence-corrected chi connectivity index (χ3v) is 4.04. The second-order valence-electron chi connectivity index (χ2n) is 3.90. The van der Waals surface area contributed by atoms with Crippen LogP contribution in [0.25, 0.3) is 0 Å². The Morgan fingerprint density at radius 1 is 1.21 bits per heavy atom. The summed E-state index contributed by atoms with van der Waals surface area (Å²) in [5, 5.41) is 0. The maximum Gasteiger partial charge on any atom is 0.173 e. The molecule has 4 heteroatoms. The first-order valence-corrected chi connectivity index (χ1v) is 7.52. The Morgan fingerprint density at radius 3 is 2.74 bits per heavy atom. The molecule has 19 heavy (non-hydrogen) atoms. The number of carbonyl (C=O) groups excluding carboxylic acids is 1. The maximum atomic E-state index is 12.1. The van der Waals surface area contributed by atoms with Crippen LogP contribution in [0, 0.1) is 0 Å². The Morgan fingerprint density at radius 2 is 2.00 bits per heavy atom. The molecule has 0 atom stereocenters. The minimum atomic E-state index is 0.101. The molecule has 0 aliphatic heterocycles. The number of methoxy groups -OCH3 is 1. The van der Waals surface area contributed by atoms with E-state index < -0.39 is 0 Å². The van der Waals surface area contributed by atoms with E-state index in [0.717, 1.165) is 9.37 Å². The molecule has 0 saturated heterocycles. The van der Waals surface area contributed by atoms with Gasteiger partial charge in [-0.2, -0.15) is 0 Å². The van der Waals surface area contributed by atoms with E-state index in [4.69, 9.17) is 4.74 Å². The topological polar surface area (TPSA) is 26.3 Å². The first-order chi connectivity index (χ1) is 9.19. The van der Waals surface area contributed by atoms with Crippen molar-refractivity contribution in [1.82, 2.24) is 0 Å². The Bertz CT molecular complexity index is 584. The number of thioether (sulfide) groups is 1. The number of carbonyl (C=O) groups is 1. The fraction of sp³-hybridized carbons (Fsp3) is 0.133. The molecule has 2 rings (SSSR count). The van der Waals surface area contributed by atoms with E-state index in [-0.39, 0.29) is 5.78 Å². The standard InChI is InChI=1S/C15H13BrO2S/c1-18-13-6-2-4-11(8-13)15(17)10-19-14-7-3-5-12(16)9-14/h2-9H,10H2,1H3. The van der Waals surface area contributed by atoms with Crippen LogP contribution in [-0.2, 0) is 0 Å². The summed E-state index contributed by atoms with van der Waals surface area (Å²) in [6.07, 6.45) is 0. The fourth-order valence-corrected chi connectivity index (χ4v) is 2.99. The molecule has 0 aliphatic carbocycles. The number of hydrogen-bond acceptors (Lipinski definition) is 3. The molecule has 0 N–H and O–H groups in total. The molecular formula is C15H13BrO2S. The second-order valence-corrected chi connectivity index (χ2v) is 5.87. The van der Waals surface area contributed by atoms with Crippen LogP contribution >= 0.6 is 27.7 Å². The van der Waals surface area contributed by atoms with E-state index in [0.29, 0.717) is 17.1 Å². The monoisotopic (exact) mass is 336 g/mol. The lowest BCUT2D eigenvalue weighted by atomic mass is 10.1. The molecule has 0 amide bonds. The predicted octanol–water partition coefficient (Wildman–Crippen LogP) is 4.43. The summed E-state index contributed by atoms with van der Waals surface area (Å²) in [7, 11) is 1.60. The zero-order chi connectivity index (χ0) is 13.7. The van der Waals surface area contributed by atoms with Gasteiger partial charge in [0.1, 0.15) is 5.75 Å². The molecule has 2 aromatic carbocycles. The lowest BCUT2D eigenvalue weighted by molar-refractivity contribution is 0.102. The van der Waals surface area contributed by atoms with Crippen molar-refractivity contribution in [2.24, 2.45) is 0 Å². The zero-order valence-corrected chi connectivity index (χ0v) is 12.8. The largest absolute Gasteiger partial charge is 0.497 e. The van der Waals surface area contributed by atoms with Gasteiger partial charge in [0.2, 0.25) is 0 Å². The van der Waals surface area contributed by atoms with Crippen LogP contribution in [0.4, 0.5) is 0 Å². The molecule has 2 nitrogen and oxygen atoms in total. The van der Waals surface area contributed by atoms with Gasteiger partial charge >= 0.3 is 0 Å². The summed E-state index contributed by atoms with van der Waals surface area (Å²) in [5.74, 6) is 1.23. The van der Waals surface area contributed by atoms with Crippen molar-refractivity contribution in [1.29, 1.82) is 0 Å². The minimum Gasteiger partial charge on any atom is -0.497 e. The molecule has 0 heterocycles. The smallest absolute Gasteiger partial charge is 0.173 e. The number of rotatable bonds is 5. The number of Topliss-reactive ketones (excluding diaryl/α,β-unsaturated/α-hetero) is 1. The minimum absolute atomic E-state index is 0.101. The molecule has 0 aliphatic rings. The Labute approximate surface area is 125 Å². The molecule has 0 fully saturated rings. The summed E-state index contributed by atoms with van der Waals surface area (Å²) >= 11 is 4.95. The van der Waals surface area contributed by atoms with E-state index in [1.807, 2.05) is 42.5 Å². The van der Waals surface area contributed by atoms with E-state index in [1.54, 1.807) is 13.2 Å². The van der Waals surface area contributed by atoms with Crippen LogP contribution in [0.2, 0.25) is 0 Å². The third-order valence-electron chi connectivity index (χ3n) is 2.56. The van der Waals surface area contributed by atoms with Crippen molar-refractivity contribution in [2.45, 2.75) is 4.90 Å². The van der Waals surface area contributed by atoms with E-state index >= 15 is 0 Å². The van der Waals surface area contributed by atoms with E-state index in [1.165, 1.54) is 11.8 Å². The highest BCUT2D eigenvalue weighted by molar-refractivity contribution is 9.10. The van der Waals surface area contributed by atoms with Gasteiger partial charge in [0, 0.05) is 14.9 Å². The van der Waals surface area contributed by atoms with Crippen LogP contribution in [0.1, 0.15) is 10.4 Å². The molecule has 98 valence electrons. The molecule has 0 radical (unpaired) electrons. The van der Waals surface area contributed by atoms with Gasteiger partial charge < -0.3 is 4.74 Å². The van der Waals surface area contributed by atoms with Gasteiger partial charge in [-0.1, -0.05) is 34.1 Å². The highest BCUT2D eigenvalue weighted by Gasteiger charge is 2.07. The van der Waals surface area contributed by atoms with Crippen LogP contribution < -0.4 is 4.74 Å². The summed E-state index contributed by atoms with van der Waals surface area (Å²) < 4.78 is 6.14. The molecule has 2 aromatic rings. The van der Waals surface area contributed by atoms with Crippen LogP contribution in [-0.4, -0.2) is 18.6 Å². The Balaban J connectivity index is 2.01. The lowest BCUT2D eigenvalue weighted by Crippen LogP contribution is -2.02. The van der Waals surface area contributed by atoms with Crippen LogP contribution in [0.15, 0.2) is 57.9 Å². The molecule has 0 bridgehead atoms. The van der Waals surface area contributed by atoms with Gasteiger partial charge in [0.05, 0.1) is 12.9 Å². The molecule has 0 saturated carbocycles. The Kier molecular flexibility index (Phi) is 5.05. The average Bonchev–Trinajstić information content (AvgIpc) is 2.45. The third kappa shape index (κ3) is 4.11. The van der Waals surface area contributed by atoms with E-state index in [9.17, 15) is 4.79 Å². The van der Waals surface area contributed by atoms with Crippen molar-refractivity contribution in [3.05, 3.63) is 58.6 Å². The molecule has 0 aromatic heterocycles. The normalized spacial score (nSPS) is 10.2. The van der Waals surface area contributed by atoms with Crippen LogP contribution in [0.3, 0.4) is 0 Å². The Hall–Kier alpha value is -1.26. The SMILES string of the molecule is COc1cccc(C(=O)CSc2cccc(Br)c2)c1. The lowest BCUT2D eigenvalue weighted by Gasteiger charge is -2.04. The van der Waals surface area contributed by atoms with Crippen molar-refractivity contribution in [3.8, 4) is 5.75 Å².